The van der Waals surface area contributed by atoms with E-state index in [2.05, 4.69) is 234 Å². The number of hydrogen-bond donors (Lipinski definition) is 0. The molecular formula is C60H59N. The van der Waals surface area contributed by atoms with Crippen LogP contribution in [0.1, 0.15) is 97.9 Å². The Bertz CT molecular complexity index is 2660. The lowest BCUT2D eigenvalue weighted by Crippen LogP contribution is -2.31. The molecule has 0 aromatic heterocycles. The molecule has 61 heavy (non-hydrogen) atoms. The maximum Gasteiger partial charge on any atom is 0.0710 e. The average molecular weight is 794 g/mol. The van der Waals surface area contributed by atoms with Crippen molar-refractivity contribution in [3.8, 4) is 0 Å². The molecule has 6 aromatic rings. The van der Waals surface area contributed by atoms with Crippen LogP contribution >= 0.6 is 0 Å². The molecule has 6 aromatic carbocycles. The van der Waals surface area contributed by atoms with Crippen LogP contribution in [0.15, 0.2) is 212 Å². The lowest BCUT2D eigenvalue weighted by Gasteiger charge is -2.36. The number of fused-ring (bicyclic) bond motifs is 3. The van der Waals surface area contributed by atoms with Gasteiger partial charge in [-0.15, -0.1) is 13.2 Å². The zero-order valence-corrected chi connectivity index (χ0v) is 36.4. The molecule has 0 saturated carbocycles. The van der Waals surface area contributed by atoms with Crippen LogP contribution in [0.25, 0.3) is 28.5 Å². The van der Waals surface area contributed by atoms with Crippen LogP contribution < -0.4 is 0 Å². The van der Waals surface area contributed by atoms with Crippen molar-refractivity contribution in [1.29, 1.82) is 0 Å². The molecule has 0 bridgehead atoms. The van der Waals surface area contributed by atoms with E-state index in [1.54, 1.807) is 0 Å². The van der Waals surface area contributed by atoms with Crippen LogP contribution in [0.4, 0.5) is 0 Å². The highest BCUT2D eigenvalue weighted by Crippen LogP contribution is 2.55. The number of allylic oxidation sites excluding steroid dienone is 7. The van der Waals surface area contributed by atoms with Crippen molar-refractivity contribution in [3.05, 3.63) is 257 Å². The van der Waals surface area contributed by atoms with Crippen LogP contribution in [0.5, 0.6) is 0 Å². The molecule has 0 fully saturated rings. The Hall–Kier alpha value is -6.44. The molecule has 2 aliphatic carbocycles. The quantitative estimate of drug-likeness (QED) is 0.0882. The third-order valence-electron chi connectivity index (χ3n) is 13.2. The van der Waals surface area contributed by atoms with Gasteiger partial charge >= 0.3 is 0 Å². The van der Waals surface area contributed by atoms with E-state index in [1.165, 1.54) is 77.7 Å². The first kappa shape index (κ1) is 41.3. The molecule has 1 atom stereocenters. The smallest absolute Gasteiger partial charge is 0.0710 e. The molecule has 1 nitrogen and oxygen atoms in total. The minimum atomic E-state index is -0.472. The highest BCUT2D eigenvalue weighted by atomic mass is 15.1. The monoisotopic (exact) mass is 793 g/mol. The van der Waals surface area contributed by atoms with Gasteiger partial charge in [-0.3, -0.25) is 0 Å². The summed E-state index contributed by atoms with van der Waals surface area (Å²) in [6.45, 7) is 17.7. The zero-order chi connectivity index (χ0) is 42.4. The van der Waals surface area contributed by atoms with Gasteiger partial charge in [0.2, 0.25) is 0 Å². The second kappa shape index (κ2) is 18.0. The summed E-state index contributed by atoms with van der Waals surface area (Å²) in [5.41, 5.74) is 15.3. The molecular weight excluding hydrogens is 735 g/mol. The van der Waals surface area contributed by atoms with Gasteiger partial charge in [-0.2, -0.15) is 0 Å². The van der Waals surface area contributed by atoms with Gasteiger partial charge in [0.05, 0.1) is 11.5 Å². The van der Waals surface area contributed by atoms with E-state index in [0.29, 0.717) is 0 Å². The number of benzene rings is 6. The molecule has 0 radical (unpaired) electrons. The first-order valence-electron chi connectivity index (χ1n) is 22.0. The Kier molecular flexibility index (Phi) is 12.2. The van der Waals surface area contributed by atoms with Crippen molar-refractivity contribution in [1.82, 2.24) is 4.90 Å². The average Bonchev–Trinajstić information content (AvgIpc) is 3.70. The van der Waals surface area contributed by atoms with E-state index >= 15 is 0 Å². The van der Waals surface area contributed by atoms with Gasteiger partial charge in [0, 0.05) is 17.3 Å². The number of hydrogen-bond acceptors (Lipinski definition) is 1. The highest BCUT2D eigenvalue weighted by Gasteiger charge is 2.46. The SMILES string of the molecule is C=CCCc1ccc2ccc(/C=C/CC(C=C)N(/C=C/CCC3=Cc4ccccc4C3(C)C)/C(C)=C/C3=C(C)c4ccccc4C3(c3ccccc3)c3ccccc3)cc2c1. The molecule has 304 valence electrons. The van der Waals surface area contributed by atoms with Crippen molar-refractivity contribution in [2.75, 3.05) is 0 Å². The number of aryl methyl sites for hydroxylation is 1. The van der Waals surface area contributed by atoms with E-state index in [1.807, 2.05) is 6.08 Å². The van der Waals surface area contributed by atoms with Crippen LogP contribution in [-0.2, 0) is 17.3 Å². The fourth-order valence-corrected chi connectivity index (χ4v) is 9.92. The van der Waals surface area contributed by atoms with Crippen molar-refractivity contribution in [2.45, 2.75) is 76.7 Å². The summed E-state index contributed by atoms with van der Waals surface area (Å²) in [7, 11) is 0. The molecule has 1 heteroatoms. The predicted octanol–water partition coefficient (Wildman–Crippen LogP) is 15.6. The summed E-state index contributed by atoms with van der Waals surface area (Å²) in [6.07, 6.45) is 23.1. The molecule has 8 rings (SSSR count). The van der Waals surface area contributed by atoms with Gasteiger partial charge in [-0.1, -0.05) is 195 Å². The minimum absolute atomic E-state index is 0.0317. The van der Waals surface area contributed by atoms with Crippen LogP contribution in [0.2, 0.25) is 0 Å². The molecule has 1 unspecified atom stereocenters. The second-order valence-electron chi connectivity index (χ2n) is 17.3. The van der Waals surface area contributed by atoms with Gasteiger partial charge in [-0.25, -0.2) is 0 Å². The van der Waals surface area contributed by atoms with E-state index in [-0.39, 0.29) is 11.5 Å². The van der Waals surface area contributed by atoms with Gasteiger partial charge in [0.15, 0.2) is 0 Å². The highest BCUT2D eigenvalue weighted by molar-refractivity contribution is 5.87. The standard InChI is InChI=1S/C60H59N/c1-7-9-23-46-35-37-48-38-36-47(42-50(48)41-46)24-22-31-54(8-2)61(39-21-20-30-53-43-49-25-16-18-33-56(49)59(53,5)6)44(3)40-58-45(4)55-32-17-19-34-57(55)60(58,51-26-12-10-13-27-51)52-28-14-11-15-29-52/h7-8,10-19,21-22,24-29,32-43,54H,1-2,9,20,23,30-31H2,3-6H3/b24-22+,39-21+,44-40+. The molecule has 0 heterocycles. The molecule has 0 spiro atoms. The first-order valence-corrected chi connectivity index (χ1v) is 22.0. The molecule has 0 saturated heterocycles. The maximum absolute atomic E-state index is 4.44. The molecule has 2 aliphatic rings. The van der Waals surface area contributed by atoms with Crippen molar-refractivity contribution < 1.29 is 0 Å². The van der Waals surface area contributed by atoms with E-state index in [4.69, 9.17) is 0 Å². The largest absolute Gasteiger partial charge is 0.345 e. The van der Waals surface area contributed by atoms with Gasteiger partial charge < -0.3 is 4.90 Å². The van der Waals surface area contributed by atoms with Crippen LogP contribution in [-0.4, -0.2) is 10.9 Å². The van der Waals surface area contributed by atoms with Gasteiger partial charge in [-0.05, 0) is 125 Å². The number of nitrogens with zero attached hydrogens (tertiary/aromatic N) is 1. The summed E-state index contributed by atoms with van der Waals surface area (Å²) >= 11 is 0. The van der Waals surface area contributed by atoms with E-state index in [9.17, 15) is 0 Å². The summed E-state index contributed by atoms with van der Waals surface area (Å²) in [5, 5.41) is 2.54. The Morgan fingerprint density at radius 2 is 1.36 bits per heavy atom. The Balaban J connectivity index is 1.16. The first-order chi connectivity index (χ1) is 29.7. The summed E-state index contributed by atoms with van der Waals surface area (Å²) in [4.78, 5) is 2.45. The second-order valence-corrected chi connectivity index (χ2v) is 17.3. The van der Waals surface area contributed by atoms with E-state index in [0.717, 1.165) is 32.1 Å². The van der Waals surface area contributed by atoms with Gasteiger partial charge in [0.25, 0.3) is 0 Å². The minimum Gasteiger partial charge on any atom is -0.345 e. The van der Waals surface area contributed by atoms with Crippen molar-refractivity contribution in [2.24, 2.45) is 0 Å². The van der Waals surface area contributed by atoms with Crippen molar-refractivity contribution in [3.63, 3.8) is 0 Å². The molecule has 0 amide bonds. The Labute approximate surface area is 365 Å². The number of rotatable bonds is 16. The lowest BCUT2D eigenvalue weighted by atomic mass is 9.66. The predicted molar refractivity (Wildman–Crippen MR) is 263 cm³/mol. The van der Waals surface area contributed by atoms with E-state index < -0.39 is 5.41 Å². The molecule has 0 aliphatic heterocycles. The third kappa shape index (κ3) is 8.10. The topological polar surface area (TPSA) is 3.24 Å². The van der Waals surface area contributed by atoms with Gasteiger partial charge in [0.1, 0.15) is 0 Å². The fraction of sp³-hybridized carbons (Fsp3) is 0.200. The normalized spacial score (nSPS) is 15.9. The maximum atomic E-state index is 4.44. The zero-order valence-electron chi connectivity index (χ0n) is 36.4. The molecule has 0 N–H and O–H groups in total. The Morgan fingerprint density at radius 1 is 0.689 bits per heavy atom. The van der Waals surface area contributed by atoms with Crippen molar-refractivity contribution >= 4 is 28.5 Å². The Morgan fingerprint density at radius 3 is 2.07 bits per heavy atom. The fourth-order valence-electron chi connectivity index (χ4n) is 9.92. The third-order valence-corrected chi connectivity index (χ3v) is 13.2. The van der Waals surface area contributed by atoms with Crippen LogP contribution in [0, 0.1) is 0 Å². The summed E-state index contributed by atoms with van der Waals surface area (Å²) in [5.74, 6) is 0. The lowest BCUT2D eigenvalue weighted by molar-refractivity contribution is 0.394. The van der Waals surface area contributed by atoms with Crippen LogP contribution in [0.3, 0.4) is 0 Å². The summed E-state index contributed by atoms with van der Waals surface area (Å²) in [6, 6.07) is 53.6. The summed E-state index contributed by atoms with van der Waals surface area (Å²) < 4.78 is 0.